The molecule has 0 unspecified atom stereocenters. The quantitative estimate of drug-likeness (QED) is 0.487. The first-order chi connectivity index (χ1) is 14.3. The Bertz CT molecular complexity index is 995. The molecule has 0 bridgehead atoms. The molecule has 1 heterocycles. The van der Waals surface area contributed by atoms with Crippen LogP contribution in [0.25, 0.3) is 0 Å². The van der Waals surface area contributed by atoms with Gasteiger partial charge in [-0.1, -0.05) is 18.7 Å². The second-order valence-corrected chi connectivity index (χ2v) is 7.10. The molecular weight excluding hydrogens is 408 g/mol. The number of carbonyl (C=O) groups excluding carboxylic acids is 4. The molecule has 0 aliphatic carbocycles. The van der Waals surface area contributed by atoms with Gasteiger partial charge in [0.15, 0.2) is 0 Å². The molecule has 30 heavy (non-hydrogen) atoms. The topological polar surface area (TPSA) is 111 Å². The summed E-state index contributed by atoms with van der Waals surface area (Å²) in [5, 5.41) is 5.43. The van der Waals surface area contributed by atoms with E-state index in [-0.39, 0.29) is 40.1 Å². The molecule has 1 aromatic carbocycles. The first-order valence-corrected chi connectivity index (χ1v) is 9.87. The van der Waals surface area contributed by atoms with Crippen LogP contribution in [-0.2, 0) is 14.3 Å². The first-order valence-electron chi connectivity index (χ1n) is 9.06. The number of rotatable bonds is 8. The standard InChI is InChI=1S/C21H22N2O6S/c1-5-10-29-21(27)17-12(3)16(20(26)28-6-2)19(30-17)23-18(25)14-8-7-9-15(11-14)22-13(4)24/h5,7-9,11H,1,6,10H2,2-4H3,(H,22,24)(H,23,25). The van der Waals surface area contributed by atoms with Crippen LogP contribution in [0.5, 0.6) is 0 Å². The Kier molecular flexibility index (Phi) is 7.88. The van der Waals surface area contributed by atoms with Crippen LogP contribution in [0.2, 0.25) is 0 Å². The van der Waals surface area contributed by atoms with Gasteiger partial charge in [-0.2, -0.15) is 0 Å². The lowest BCUT2D eigenvalue weighted by atomic mass is 10.1. The van der Waals surface area contributed by atoms with E-state index in [9.17, 15) is 19.2 Å². The zero-order chi connectivity index (χ0) is 22.3. The predicted octanol–water partition coefficient (Wildman–Crippen LogP) is 3.79. The molecule has 1 aromatic heterocycles. The minimum atomic E-state index is -0.656. The van der Waals surface area contributed by atoms with E-state index in [1.165, 1.54) is 19.1 Å². The number of benzene rings is 1. The van der Waals surface area contributed by atoms with Gasteiger partial charge in [-0.3, -0.25) is 9.59 Å². The molecule has 158 valence electrons. The molecule has 9 heteroatoms. The van der Waals surface area contributed by atoms with E-state index in [0.717, 1.165) is 11.3 Å². The largest absolute Gasteiger partial charge is 0.462 e. The summed E-state index contributed by atoms with van der Waals surface area (Å²) in [6.45, 7) is 8.24. The van der Waals surface area contributed by atoms with Crippen LogP contribution in [-0.4, -0.2) is 37.0 Å². The van der Waals surface area contributed by atoms with Crippen molar-refractivity contribution in [1.82, 2.24) is 0 Å². The summed E-state index contributed by atoms with van der Waals surface area (Å²) in [6.07, 6.45) is 1.43. The van der Waals surface area contributed by atoms with Gasteiger partial charge in [-0.05, 0) is 37.6 Å². The fourth-order valence-electron chi connectivity index (χ4n) is 2.56. The van der Waals surface area contributed by atoms with Crippen molar-refractivity contribution in [3.63, 3.8) is 0 Å². The van der Waals surface area contributed by atoms with Gasteiger partial charge in [-0.25, -0.2) is 9.59 Å². The van der Waals surface area contributed by atoms with Gasteiger partial charge in [0.05, 0.1) is 12.2 Å². The average Bonchev–Trinajstić information content (AvgIpc) is 3.02. The molecule has 0 atom stereocenters. The van der Waals surface area contributed by atoms with Crippen molar-refractivity contribution < 1.29 is 28.7 Å². The Morgan fingerprint density at radius 2 is 1.87 bits per heavy atom. The summed E-state index contributed by atoms with van der Waals surface area (Å²) >= 11 is 0.925. The molecular formula is C21H22N2O6S. The zero-order valence-electron chi connectivity index (χ0n) is 16.9. The summed E-state index contributed by atoms with van der Waals surface area (Å²) in [5.41, 5.74) is 1.17. The lowest BCUT2D eigenvalue weighted by Crippen LogP contribution is -2.15. The van der Waals surface area contributed by atoms with Crippen LogP contribution >= 0.6 is 11.3 Å². The maximum Gasteiger partial charge on any atom is 0.348 e. The van der Waals surface area contributed by atoms with Crippen molar-refractivity contribution in [2.75, 3.05) is 23.8 Å². The third-order valence-corrected chi connectivity index (χ3v) is 5.00. The Morgan fingerprint density at radius 3 is 2.50 bits per heavy atom. The zero-order valence-corrected chi connectivity index (χ0v) is 17.7. The van der Waals surface area contributed by atoms with Gasteiger partial charge in [0, 0.05) is 18.2 Å². The monoisotopic (exact) mass is 430 g/mol. The lowest BCUT2D eigenvalue weighted by Gasteiger charge is -2.08. The fourth-order valence-corrected chi connectivity index (χ4v) is 3.65. The van der Waals surface area contributed by atoms with E-state index < -0.39 is 17.8 Å². The highest BCUT2D eigenvalue weighted by Gasteiger charge is 2.27. The molecule has 0 aliphatic heterocycles. The molecule has 8 nitrogen and oxygen atoms in total. The molecule has 0 aliphatic rings. The van der Waals surface area contributed by atoms with E-state index in [4.69, 9.17) is 9.47 Å². The van der Waals surface area contributed by atoms with Crippen molar-refractivity contribution in [3.05, 3.63) is 58.5 Å². The second kappa shape index (κ2) is 10.4. The summed E-state index contributed by atoms with van der Waals surface area (Å²) in [6, 6.07) is 6.32. The molecule has 2 N–H and O–H groups in total. The van der Waals surface area contributed by atoms with Crippen molar-refractivity contribution in [2.24, 2.45) is 0 Å². The Hall–Kier alpha value is -3.46. The van der Waals surface area contributed by atoms with E-state index in [1.807, 2.05) is 0 Å². The molecule has 0 radical (unpaired) electrons. The van der Waals surface area contributed by atoms with Crippen molar-refractivity contribution >= 4 is 45.8 Å². The van der Waals surface area contributed by atoms with Crippen LogP contribution in [0.4, 0.5) is 10.7 Å². The predicted molar refractivity (Wildman–Crippen MR) is 114 cm³/mol. The third kappa shape index (κ3) is 5.54. The van der Waals surface area contributed by atoms with E-state index in [1.54, 1.807) is 32.0 Å². The van der Waals surface area contributed by atoms with Gasteiger partial charge < -0.3 is 20.1 Å². The maximum atomic E-state index is 12.7. The van der Waals surface area contributed by atoms with Crippen LogP contribution in [0.1, 0.15) is 49.8 Å². The molecule has 2 amide bonds. The maximum absolute atomic E-state index is 12.7. The minimum Gasteiger partial charge on any atom is -0.462 e. The summed E-state index contributed by atoms with van der Waals surface area (Å²) in [4.78, 5) is 48.9. The molecule has 2 rings (SSSR count). The van der Waals surface area contributed by atoms with Crippen LogP contribution in [0, 0.1) is 6.92 Å². The molecule has 2 aromatic rings. The highest BCUT2D eigenvalue weighted by Crippen LogP contribution is 2.34. The molecule has 0 saturated carbocycles. The summed E-state index contributed by atoms with van der Waals surface area (Å²) in [5.74, 6) is -2.07. The van der Waals surface area contributed by atoms with Crippen molar-refractivity contribution in [1.29, 1.82) is 0 Å². The molecule has 0 saturated heterocycles. The van der Waals surface area contributed by atoms with Crippen LogP contribution in [0.15, 0.2) is 36.9 Å². The van der Waals surface area contributed by atoms with Gasteiger partial charge in [0.25, 0.3) is 5.91 Å². The highest BCUT2D eigenvalue weighted by atomic mass is 32.1. The number of hydrogen-bond donors (Lipinski definition) is 2. The number of hydrogen-bond acceptors (Lipinski definition) is 7. The summed E-state index contributed by atoms with van der Waals surface area (Å²) < 4.78 is 10.1. The van der Waals surface area contributed by atoms with Crippen LogP contribution in [0.3, 0.4) is 0 Å². The Balaban J connectivity index is 2.38. The Morgan fingerprint density at radius 1 is 1.13 bits per heavy atom. The number of ether oxygens (including phenoxy) is 2. The summed E-state index contributed by atoms with van der Waals surface area (Å²) in [7, 11) is 0. The van der Waals surface area contributed by atoms with Gasteiger partial charge in [0.1, 0.15) is 16.5 Å². The number of anilines is 2. The number of nitrogens with one attached hydrogen (secondary N) is 2. The van der Waals surface area contributed by atoms with E-state index in [0.29, 0.717) is 11.3 Å². The van der Waals surface area contributed by atoms with E-state index >= 15 is 0 Å². The molecule has 0 spiro atoms. The van der Waals surface area contributed by atoms with Gasteiger partial charge in [0.2, 0.25) is 5.91 Å². The molecule has 0 fully saturated rings. The van der Waals surface area contributed by atoms with E-state index in [2.05, 4.69) is 17.2 Å². The smallest absolute Gasteiger partial charge is 0.348 e. The second-order valence-electron chi connectivity index (χ2n) is 6.08. The van der Waals surface area contributed by atoms with Crippen LogP contribution < -0.4 is 10.6 Å². The SMILES string of the molecule is C=CCOC(=O)c1sc(NC(=O)c2cccc(NC(C)=O)c2)c(C(=O)OCC)c1C. The number of esters is 2. The van der Waals surface area contributed by atoms with Crippen molar-refractivity contribution in [2.45, 2.75) is 20.8 Å². The average molecular weight is 430 g/mol. The lowest BCUT2D eigenvalue weighted by molar-refractivity contribution is -0.114. The third-order valence-electron chi connectivity index (χ3n) is 3.82. The van der Waals surface area contributed by atoms with Gasteiger partial charge in [-0.15, -0.1) is 11.3 Å². The normalized spacial score (nSPS) is 10.1. The number of carbonyl (C=O) groups is 4. The highest BCUT2D eigenvalue weighted by molar-refractivity contribution is 7.18. The number of amides is 2. The van der Waals surface area contributed by atoms with Crippen molar-refractivity contribution in [3.8, 4) is 0 Å². The van der Waals surface area contributed by atoms with Gasteiger partial charge >= 0.3 is 11.9 Å². The number of thiophene rings is 1. The first kappa shape index (κ1) is 22.8. The Labute approximate surface area is 177 Å². The minimum absolute atomic E-state index is 0.0164. The fraction of sp³-hybridized carbons (Fsp3) is 0.238.